The van der Waals surface area contributed by atoms with Gasteiger partial charge >= 0.3 is 0 Å². The lowest BCUT2D eigenvalue weighted by Gasteiger charge is -2.49. The summed E-state index contributed by atoms with van der Waals surface area (Å²) >= 11 is 0. The Morgan fingerprint density at radius 3 is 2.08 bits per heavy atom. The number of hydrogen-bond acceptors (Lipinski definition) is 2. The van der Waals surface area contributed by atoms with Gasteiger partial charge in [-0.3, -0.25) is 4.90 Å². The van der Waals surface area contributed by atoms with Crippen LogP contribution in [0.5, 0.6) is 0 Å². The third-order valence-corrected chi connectivity index (χ3v) is 7.37. The first-order valence-corrected chi connectivity index (χ1v) is 11.2. The van der Waals surface area contributed by atoms with E-state index in [1.54, 1.807) is 0 Å². The summed E-state index contributed by atoms with van der Waals surface area (Å²) in [5, 5.41) is 0. The molecule has 0 aliphatic carbocycles. The fourth-order valence-corrected chi connectivity index (χ4v) is 6.39. The van der Waals surface area contributed by atoms with Crippen LogP contribution in [0.2, 0.25) is 17.5 Å². The Morgan fingerprint density at radius 1 is 0.917 bits per heavy atom. The van der Waals surface area contributed by atoms with Gasteiger partial charge in [-0.15, -0.1) is 0 Å². The minimum absolute atomic E-state index is 0.833. The highest BCUT2D eigenvalue weighted by atomic mass is 16.5. The highest BCUT2D eigenvalue weighted by Crippen LogP contribution is 2.52. The summed E-state index contributed by atoms with van der Waals surface area (Å²) in [4.78, 5) is 2.84. The molecule has 2 bridgehead atoms. The molecule has 0 saturated carbocycles. The number of hydrogen-bond donors (Lipinski definition) is 0. The molecule has 24 heavy (non-hydrogen) atoms. The summed E-state index contributed by atoms with van der Waals surface area (Å²) in [5.41, 5.74) is 0. The van der Waals surface area contributed by atoms with Crippen molar-refractivity contribution in [3.05, 3.63) is 0 Å². The third kappa shape index (κ3) is 4.39. The Labute approximate surface area is 151 Å². The third-order valence-electron chi connectivity index (χ3n) is 7.37. The van der Waals surface area contributed by atoms with Crippen molar-refractivity contribution in [3.63, 3.8) is 0 Å². The number of nitrogens with zero attached hydrogens (tertiary/aromatic N) is 1. The van der Waals surface area contributed by atoms with Crippen molar-refractivity contribution in [2.75, 3.05) is 26.3 Å². The van der Waals surface area contributed by atoms with Crippen LogP contribution in [0.15, 0.2) is 0 Å². The minimum atomic E-state index is 0.833. The topological polar surface area (TPSA) is 12.5 Å². The van der Waals surface area contributed by atoms with Crippen LogP contribution in [-0.4, -0.2) is 44.0 Å². The fourth-order valence-electron chi connectivity index (χ4n) is 6.39. The van der Waals surface area contributed by atoms with Crippen molar-refractivity contribution < 1.29 is 4.74 Å². The van der Waals surface area contributed by atoms with E-state index in [0.29, 0.717) is 0 Å². The van der Waals surface area contributed by atoms with E-state index >= 15 is 0 Å². The second-order valence-electron chi connectivity index (χ2n) is 8.77. The standard InChI is InChI=1S/C21H40BNO/c1-3-5-13-21(23-14-16-24-17-15-23)20(8-4-2)22-18-9-6-10-19(22)12-7-11-18/h18-21H,3-17H2,1-2H3/t18?,19?,20-,21-/m0/s1. The van der Waals surface area contributed by atoms with E-state index < -0.39 is 0 Å². The molecule has 0 unspecified atom stereocenters. The quantitative estimate of drug-likeness (QED) is 0.532. The molecule has 0 aromatic heterocycles. The van der Waals surface area contributed by atoms with Gasteiger partial charge in [0.05, 0.1) is 13.2 Å². The zero-order valence-corrected chi connectivity index (χ0v) is 16.3. The van der Waals surface area contributed by atoms with Crippen molar-refractivity contribution in [3.8, 4) is 0 Å². The molecule has 0 amide bonds. The lowest BCUT2D eigenvalue weighted by Crippen LogP contribution is -2.51. The molecule has 3 saturated heterocycles. The Balaban J connectivity index is 1.78. The van der Waals surface area contributed by atoms with Crippen LogP contribution >= 0.6 is 0 Å². The van der Waals surface area contributed by atoms with Gasteiger partial charge in [-0.25, -0.2) is 0 Å². The molecule has 3 heterocycles. The molecule has 3 aliphatic rings. The zero-order chi connectivity index (χ0) is 16.8. The summed E-state index contributed by atoms with van der Waals surface area (Å²) in [5.74, 6) is 3.06. The molecule has 0 N–H and O–H groups in total. The van der Waals surface area contributed by atoms with Crippen LogP contribution < -0.4 is 0 Å². The van der Waals surface area contributed by atoms with Gasteiger partial charge in [0.1, 0.15) is 0 Å². The molecule has 3 heteroatoms. The van der Waals surface area contributed by atoms with Crippen LogP contribution in [-0.2, 0) is 4.74 Å². The van der Waals surface area contributed by atoms with Crippen LogP contribution in [0.3, 0.4) is 0 Å². The zero-order valence-electron chi connectivity index (χ0n) is 16.3. The molecule has 3 rings (SSSR count). The lowest BCUT2D eigenvalue weighted by atomic mass is 9.21. The Kier molecular flexibility index (Phi) is 7.52. The van der Waals surface area contributed by atoms with Gasteiger partial charge in [0.15, 0.2) is 6.71 Å². The maximum absolute atomic E-state index is 5.67. The molecule has 3 aliphatic heterocycles. The Hall–Kier alpha value is -0.0151. The smallest absolute Gasteiger partial charge is 0.151 e. The highest BCUT2D eigenvalue weighted by molar-refractivity contribution is 6.64. The van der Waals surface area contributed by atoms with Gasteiger partial charge in [0.2, 0.25) is 0 Å². The molecule has 2 nitrogen and oxygen atoms in total. The first-order valence-electron chi connectivity index (χ1n) is 11.2. The largest absolute Gasteiger partial charge is 0.379 e. The predicted octanol–water partition coefficient (Wildman–Crippen LogP) is 5.65. The molecular formula is C21H40BNO. The van der Waals surface area contributed by atoms with Crippen molar-refractivity contribution >= 4 is 6.71 Å². The van der Waals surface area contributed by atoms with Gasteiger partial charge in [-0.05, 0) is 12.2 Å². The predicted molar refractivity (Wildman–Crippen MR) is 105 cm³/mol. The lowest BCUT2D eigenvalue weighted by molar-refractivity contribution is 0.0114. The summed E-state index contributed by atoms with van der Waals surface area (Å²) in [6, 6.07) is 0.833. The van der Waals surface area contributed by atoms with Crippen LogP contribution in [0.25, 0.3) is 0 Å². The van der Waals surface area contributed by atoms with Crippen LogP contribution in [0.4, 0.5) is 0 Å². The maximum Gasteiger partial charge on any atom is 0.151 e. The fraction of sp³-hybridized carbons (Fsp3) is 1.00. The summed E-state index contributed by atoms with van der Waals surface area (Å²) < 4.78 is 5.67. The average molecular weight is 333 g/mol. The average Bonchev–Trinajstić information content (AvgIpc) is 2.61. The first-order chi connectivity index (χ1) is 11.8. The van der Waals surface area contributed by atoms with Crippen LogP contribution in [0, 0.1) is 0 Å². The molecule has 3 fully saturated rings. The van der Waals surface area contributed by atoms with E-state index in [1.165, 1.54) is 83.7 Å². The van der Waals surface area contributed by atoms with E-state index in [1.807, 2.05) is 0 Å². The SMILES string of the molecule is CCCC[C@@H]([C@H](CCC)B1C2CCCC1CCC2)N1CCOCC1. The molecular weight excluding hydrogens is 293 g/mol. The van der Waals surface area contributed by atoms with E-state index in [4.69, 9.17) is 4.74 Å². The Bertz CT molecular complexity index is 336. The number of morpholine rings is 1. The van der Waals surface area contributed by atoms with Gasteiger partial charge in [0, 0.05) is 19.1 Å². The van der Waals surface area contributed by atoms with Crippen molar-refractivity contribution in [1.29, 1.82) is 0 Å². The van der Waals surface area contributed by atoms with E-state index in [2.05, 4.69) is 18.7 Å². The van der Waals surface area contributed by atoms with Crippen molar-refractivity contribution in [2.24, 2.45) is 0 Å². The number of fused-ring (bicyclic) bond motifs is 2. The molecule has 0 radical (unpaired) electrons. The van der Waals surface area contributed by atoms with E-state index in [0.717, 1.165) is 43.4 Å². The van der Waals surface area contributed by atoms with Gasteiger partial charge in [0.25, 0.3) is 0 Å². The van der Waals surface area contributed by atoms with Crippen LogP contribution in [0.1, 0.15) is 84.5 Å². The Morgan fingerprint density at radius 2 is 1.54 bits per heavy atom. The number of unbranched alkanes of at least 4 members (excludes halogenated alkanes) is 1. The second kappa shape index (κ2) is 9.62. The minimum Gasteiger partial charge on any atom is -0.379 e. The highest BCUT2D eigenvalue weighted by Gasteiger charge is 2.46. The number of ether oxygens (including phenoxy) is 1. The second-order valence-corrected chi connectivity index (χ2v) is 8.77. The monoisotopic (exact) mass is 333 g/mol. The van der Waals surface area contributed by atoms with E-state index in [-0.39, 0.29) is 0 Å². The summed E-state index contributed by atoms with van der Waals surface area (Å²) in [7, 11) is 0. The van der Waals surface area contributed by atoms with Gasteiger partial charge < -0.3 is 4.74 Å². The normalized spacial score (nSPS) is 31.0. The molecule has 0 spiro atoms. The van der Waals surface area contributed by atoms with Crippen molar-refractivity contribution in [1.82, 2.24) is 4.90 Å². The van der Waals surface area contributed by atoms with Gasteiger partial charge in [-0.2, -0.15) is 0 Å². The summed E-state index contributed by atoms with van der Waals surface area (Å²) in [6.45, 7) is 10.1. The summed E-state index contributed by atoms with van der Waals surface area (Å²) in [6.07, 6.45) is 16.2. The number of rotatable bonds is 8. The molecule has 0 aromatic carbocycles. The van der Waals surface area contributed by atoms with Gasteiger partial charge in [-0.1, -0.05) is 89.7 Å². The molecule has 138 valence electrons. The first kappa shape index (κ1) is 18.8. The van der Waals surface area contributed by atoms with E-state index in [9.17, 15) is 0 Å². The van der Waals surface area contributed by atoms with Crippen molar-refractivity contribution in [2.45, 2.75) is 108 Å². The molecule has 2 atom stereocenters. The molecule has 0 aromatic rings. The maximum atomic E-state index is 5.67.